The molecule has 3 unspecified atom stereocenters. The van der Waals surface area contributed by atoms with Crippen molar-refractivity contribution in [2.24, 2.45) is 0 Å². The fraction of sp³-hybridized carbons (Fsp3) is 0.321. The lowest BCUT2D eigenvalue weighted by Crippen LogP contribution is -2.55. The molecule has 2 N–H and O–H groups in total. The van der Waals surface area contributed by atoms with Gasteiger partial charge >= 0.3 is 0 Å². The number of methoxy groups -OCH3 is 1. The Morgan fingerprint density at radius 1 is 1.00 bits per heavy atom. The maximum absolute atomic E-state index is 13.7. The fourth-order valence-electron chi connectivity index (χ4n) is 5.40. The van der Waals surface area contributed by atoms with Gasteiger partial charge in [0.1, 0.15) is 0 Å². The van der Waals surface area contributed by atoms with Crippen molar-refractivity contribution in [1.29, 1.82) is 0 Å². The van der Waals surface area contributed by atoms with Crippen LogP contribution in [0.3, 0.4) is 0 Å². The lowest BCUT2D eigenvalue weighted by Gasteiger charge is -2.47. The third kappa shape index (κ3) is 3.68. The molecule has 0 aliphatic carbocycles. The van der Waals surface area contributed by atoms with Gasteiger partial charge in [0.05, 0.1) is 25.3 Å². The van der Waals surface area contributed by atoms with Crippen molar-refractivity contribution in [3.8, 4) is 11.5 Å². The number of para-hydroxylation sites is 2. The van der Waals surface area contributed by atoms with Crippen LogP contribution in [-0.2, 0) is 6.42 Å². The highest BCUT2D eigenvalue weighted by Gasteiger charge is 2.43. The third-order valence-electron chi connectivity index (χ3n) is 7.12. The number of phenols is 1. The second-order valence-corrected chi connectivity index (χ2v) is 9.08. The number of phenolic OH excluding ortho intramolecular Hbond substituents is 1. The summed E-state index contributed by atoms with van der Waals surface area (Å²) in [5.74, 6) is -0.0545. The van der Waals surface area contributed by atoms with Gasteiger partial charge in [-0.25, -0.2) is 0 Å². The van der Waals surface area contributed by atoms with Crippen LogP contribution in [0, 0.1) is 0 Å². The molecular weight excluding hydrogens is 428 g/mol. The van der Waals surface area contributed by atoms with Gasteiger partial charge in [0.15, 0.2) is 11.5 Å². The van der Waals surface area contributed by atoms with Crippen LogP contribution in [0.2, 0.25) is 0 Å². The Labute approximate surface area is 200 Å². The number of nitrogens with zero attached hydrogens (tertiary/aromatic N) is 2. The number of hydrogen-bond acceptors (Lipinski definition) is 5. The lowest BCUT2D eigenvalue weighted by atomic mass is 9.86. The predicted molar refractivity (Wildman–Crippen MR) is 133 cm³/mol. The molecule has 0 saturated heterocycles. The predicted octanol–water partition coefficient (Wildman–Crippen LogP) is 4.69. The number of benzene rings is 3. The minimum Gasteiger partial charge on any atom is -0.504 e. The van der Waals surface area contributed by atoms with E-state index in [0.29, 0.717) is 11.3 Å². The summed E-state index contributed by atoms with van der Waals surface area (Å²) in [6.07, 6.45) is 2.39. The summed E-state index contributed by atoms with van der Waals surface area (Å²) in [6, 6.07) is 20.2. The summed E-state index contributed by atoms with van der Waals surface area (Å²) in [5.41, 5.74) is 4.50. The van der Waals surface area contributed by atoms with Crippen LogP contribution < -0.4 is 14.5 Å². The van der Waals surface area contributed by atoms with Gasteiger partial charge in [0.25, 0.3) is 5.91 Å². The molecule has 0 saturated carbocycles. The van der Waals surface area contributed by atoms with Crippen LogP contribution in [-0.4, -0.2) is 41.9 Å². The van der Waals surface area contributed by atoms with Crippen molar-refractivity contribution < 1.29 is 19.7 Å². The first-order valence-electron chi connectivity index (χ1n) is 11.8. The van der Waals surface area contributed by atoms with Gasteiger partial charge in [-0.2, -0.15) is 0 Å². The standard InChI is InChI=1S/C28H30N2O4/c1-18-27(32)26(29-16-8-7-10-19-9-3-5-12-22(19)29)21-11-4-6-13-23(21)30(18)28(33)20-14-15-25(34-2)24(31)17-20/h3-6,9,11-15,17-18,26-27,31-32H,7-8,10,16H2,1-2H3. The molecule has 0 spiro atoms. The van der Waals surface area contributed by atoms with E-state index in [-0.39, 0.29) is 17.7 Å². The zero-order valence-electron chi connectivity index (χ0n) is 19.5. The molecule has 5 rings (SSSR count). The quantitative estimate of drug-likeness (QED) is 0.596. The average molecular weight is 459 g/mol. The number of anilines is 2. The first kappa shape index (κ1) is 22.3. The van der Waals surface area contributed by atoms with E-state index in [0.717, 1.165) is 42.7 Å². The number of hydrogen-bond donors (Lipinski definition) is 2. The van der Waals surface area contributed by atoms with Crippen LogP contribution in [0.15, 0.2) is 66.7 Å². The second kappa shape index (κ2) is 9.03. The van der Waals surface area contributed by atoms with Gasteiger partial charge in [-0.1, -0.05) is 36.4 Å². The average Bonchev–Trinajstić information content (AvgIpc) is 3.07. The largest absolute Gasteiger partial charge is 0.504 e. The molecule has 2 aliphatic rings. The number of aromatic hydroxyl groups is 1. The van der Waals surface area contributed by atoms with Crippen LogP contribution in [0.25, 0.3) is 0 Å². The molecular formula is C28H30N2O4. The van der Waals surface area contributed by atoms with Gasteiger partial charge < -0.3 is 24.7 Å². The summed E-state index contributed by atoms with van der Waals surface area (Å²) < 4.78 is 5.12. The summed E-state index contributed by atoms with van der Waals surface area (Å²) >= 11 is 0. The van der Waals surface area contributed by atoms with Gasteiger partial charge in [0.2, 0.25) is 0 Å². The van der Waals surface area contributed by atoms with Crippen LogP contribution in [0.1, 0.15) is 47.3 Å². The van der Waals surface area contributed by atoms with E-state index in [4.69, 9.17) is 4.74 Å². The number of aryl methyl sites for hydroxylation is 1. The number of aliphatic hydroxyl groups is 1. The molecule has 3 atom stereocenters. The number of fused-ring (bicyclic) bond motifs is 2. The fourth-order valence-corrected chi connectivity index (χ4v) is 5.40. The highest BCUT2D eigenvalue weighted by molar-refractivity contribution is 6.07. The SMILES string of the molecule is COc1ccc(C(=O)N2c3ccccc3C(N3CCCCc4ccccc43)C(O)C2C)cc1O. The van der Waals surface area contributed by atoms with Gasteiger partial charge in [-0.3, -0.25) is 4.79 Å². The Hall–Kier alpha value is -3.51. The second-order valence-electron chi connectivity index (χ2n) is 9.08. The third-order valence-corrected chi connectivity index (χ3v) is 7.12. The first-order chi connectivity index (χ1) is 16.5. The molecule has 0 radical (unpaired) electrons. The van der Waals surface area contributed by atoms with E-state index in [9.17, 15) is 15.0 Å². The van der Waals surface area contributed by atoms with Crippen molar-refractivity contribution >= 4 is 17.3 Å². The zero-order valence-corrected chi connectivity index (χ0v) is 19.5. The lowest BCUT2D eigenvalue weighted by molar-refractivity contribution is 0.0836. The van der Waals surface area contributed by atoms with Gasteiger partial charge in [-0.05, 0) is 62.1 Å². The summed E-state index contributed by atoms with van der Waals surface area (Å²) in [6.45, 7) is 2.73. The Balaban J connectivity index is 1.58. The molecule has 3 aromatic rings. The minimum atomic E-state index is -0.795. The Morgan fingerprint density at radius 2 is 1.74 bits per heavy atom. The van der Waals surface area contributed by atoms with E-state index in [1.54, 1.807) is 17.0 Å². The van der Waals surface area contributed by atoms with Crippen molar-refractivity contribution in [2.75, 3.05) is 23.5 Å². The molecule has 0 fully saturated rings. The minimum absolute atomic E-state index is 0.0918. The normalized spacial score (nSPS) is 21.9. The highest BCUT2D eigenvalue weighted by atomic mass is 16.5. The molecule has 0 aromatic heterocycles. The van der Waals surface area contributed by atoms with E-state index in [1.165, 1.54) is 18.7 Å². The zero-order chi connectivity index (χ0) is 23.8. The maximum atomic E-state index is 13.7. The van der Waals surface area contributed by atoms with Crippen molar-refractivity contribution in [3.63, 3.8) is 0 Å². The molecule has 6 heteroatoms. The molecule has 0 bridgehead atoms. The Bertz CT molecular complexity index is 1210. The van der Waals surface area contributed by atoms with E-state index in [2.05, 4.69) is 23.1 Å². The smallest absolute Gasteiger partial charge is 0.258 e. The molecule has 3 aromatic carbocycles. The Kier molecular flexibility index (Phi) is 5.92. The molecule has 34 heavy (non-hydrogen) atoms. The number of carbonyl (C=O) groups excluding carboxylic acids is 1. The monoisotopic (exact) mass is 458 g/mol. The molecule has 2 aliphatic heterocycles. The number of rotatable bonds is 3. The first-order valence-corrected chi connectivity index (χ1v) is 11.8. The van der Waals surface area contributed by atoms with E-state index < -0.39 is 12.1 Å². The molecule has 2 heterocycles. The van der Waals surface area contributed by atoms with Gasteiger partial charge in [-0.15, -0.1) is 0 Å². The van der Waals surface area contributed by atoms with Crippen molar-refractivity contribution in [1.82, 2.24) is 0 Å². The number of ether oxygens (including phenoxy) is 1. The highest BCUT2D eigenvalue weighted by Crippen LogP contribution is 2.44. The maximum Gasteiger partial charge on any atom is 0.258 e. The van der Waals surface area contributed by atoms with Crippen molar-refractivity contribution in [2.45, 2.75) is 44.4 Å². The molecule has 6 nitrogen and oxygen atoms in total. The van der Waals surface area contributed by atoms with E-state index >= 15 is 0 Å². The molecule has 176 valence electrons. The number of carbonyl (C=O) groups is 1. The van der Waals surface area contributed by atoms with Crippen molar-refractivity contribution in [3.05, 3.63) is 83.4 Å². The number of aliphatic hydroxyl groups excluding tert-OH is 1. The summed E-state index contributed by atoms with van der Waals surface area (Å²) in [5, 5.41) is 21.9. The Morgan fingerprint density at radius 3 is 2.50 bits per heavy atom. The van der Waals surface area contributed by atoms with Crippen LogP contribution in [0.4, 0.5) is 11.4 Å². The summed E-state index contributed by atoms with van der Waals surface area (Å²) in [7, 11) is 1.47. The van der Waals surface area contributed by atoms with Gasteiger partial charge in [0, 0.05) is 29.0 Å². The van der Waals surface area contributed by atoms with Crippen LogP contribution >= 0.6 is 0 Å². The molecule has 1 amide bonds. The van der Waals surface area contributed by atoms with E-state index in [1.807, 2.05) is 37.3 Å². The van der Waals surface area contributed by atoms with Crippen LogP contribution in [0.5, 0.6) is 11.5 Å². The summed E-state index contributed by atoms with van der Waals surface area (Å²) in [4.78, 5) is 17.6. The topological polar surface area (TPSA) is 73.2 Å². The number of amides is 1.